The van der Waals surface area contributed by atoms with Crippen LogP contribution in [-0.2, 0) is 0 Å². The molecule has 2 aromatic heterocycles. The molecule has 0 atom stereocenters. The molecule has 27 heavy (non-hydrogen) atoms. The number of carbonyl (C=O) groups excluding carboxylic acids is 1. The van der Waals surface area contributed by atoms with Gasteiger partial charge in [-0.1, -0.05) is 0 Å². The number of rotatable bonds is 4. The highest BCUT2D eigenvalue weighted by atomic mass is 16.5. The van der Waals surface area contributed by atoms with Crippen molar-refractivity contribution in [1.29, 1.82) is 0 Å². The largest absolute Gasteiger partial charge is 0.489 e. The maximum absolute atomic E-state index is 12.8. The van der Waals surface area contributed by atoms with Crippen molar-refractivity contribution in [2.24, 2.45) is 0 Å². The van der Waals surface area contributed by atoms with Crippen LogP contribution in [0.25, 0.3) is 5.69 Å². The van der Waals surface area contributed by atoms with Crippen LogP contribution in [0.15, 0.2) is 67.1 Å². The Morgan fingerprint density at radius 2 is 1.74 bits per heavy atom. The number of piperidine rings is 1. The van der Waals surface area contributed by atoms with E-state index in [1.54, 1.807) is 6.20 Å². The van der Waals surface area contributed by atoms with E-state index in [2.05, 4.69) is 4.98 Å². The van der Waals surface area contributed by atoms with Gasteiger partial charge in [0.2, 0.25) is 0 Å². The first-order valence-corrected chi connectivity index (χ1v) is 9.31. The number of hydrogen-bond acceptors (Lipinski definition) is 3. The van der Waals surface area contributed by atoms with Crippen LogP contribution in [0.3, 0.4) is 0 Å². The number of nitrogens with zero attached hydrogens (tertiary/aromatic N) is 3. The monoisotopic (exact) mass is 361 g/mol. The SMILES string of the molecule is Cc1ccc(OC2CCN(C(=O)c3ccc(-n4cccc4)cc3)CC2)cn1. The van der Waals surface area contributed by atoms with Crippen LogP contribution < -0.4 is 4.74 Å². The third-order valence-electron chi connectivity index (χ3n) is 4.93. The first kappa shape index (κ1) is 17.3. The van der Waals surface area contributed by atoms with Crippen molar-refractivity contribution in [3.05, 3.63) is 78.4 Å². The van der Waals surface area contributed by atoms with Crippen molar-refractivity contribution in [2.75, 3.05) is 13.1 Å². The molecule has 0 aliphatic carbocycles. The molecule has 1 aliphatic heterocycles. The molecule has 5 heteroatoms. The Labute approximate surface area is 159 Å². The van der Waals surface area contributed by atoms with Crippen LogP contribution in [0, 0.1) is 6.92 Å². The average molecular weight is 361 g/mol. The van der Waals surface area contributed by atoms with Crippen LogP contribution in [0.5, 0.6) is 5.75 Å². The summed E-state index contributed by atoms with van der Waals surface area (Å²) in [4.78, 5) is 18.9. The normalized spacial score (nSPS) is 14.9. The number of aromatic nitrogens is 2. The minimum atomic E-state index is 0.0875. The van der Waals surface area contributed by atoms with Gasteiger partial charge in [-0.25, -0.2) is 0 Å². The van der Waals surface area contributed by atoms with Gasteiger partial charge in [0.15, 0.2) is 0 Å². The lowest BCUT2D eigenvalue weighted by atomic mass is 10.1. The van der Waals surface area contributed by atoms with Crippen molar-refractivity contribution in [1.82, 2.24) is 14.5 Å². The number of amides is 1. The Balaban J connectivity index is 1.33. The Hall–Kier alpha value is -3.08. The van der Waals surface area contributed by atoms with E-state index in [4.69, 9.17) is 4.74 Å². The molecule has 0 N–H and O–H groups in total. The molecule has 3 heterocycles. The van der Waals surface area contributed by atoms with E-state index in [9.17, 15) is 4.79 Å². The summed E-state index contributed by atoms with van der Waals surface area (Å²) in [7, 11) is 0. The molecule has 3 aromatic rings. The average Bonchev–Trinajstić information content (AvgIpc) is 3.25. The van der Waals surface area contributed by atoms with Crippen LogP contribution in [0.4, 0.5) is 0 Å². The molecule has 0 bridgehead atoms. The zero-order chi connectivity index (χ0) is 18.6. The molecule has 0 radical (unpaired) electrons. The lowest BCUT2D eigenvalue weighted by molar-refractivity contribution is 0.0595. The molecule has 0 saturated carbocycles. The third kappa shape index (κ3) is 4.03. The number of likely N-dealkylation sites (tertiary alicyclic amines) is 1. The number of pyridine rings is 1. The number of aryl methyl sites for hydroxylation is 1. The lowest BCUT2D eigenvalue weighted by Crippen LogP contribution is -2.41. The van der Waals surface area contributed by atoms with E-state index in [-0.39, 0.29) is 12.0 Å². The van der Waals surface area contributed by atoms with Crippen molar-refractivity contribution in [3.63, 3.8) is 0 Å². The Morgan fingerprint density at radius 3 is 2.37 bits per heavy atom. The maximum atomic E-state index is 12.8. The molecule has 0 unspecified atom stereocenters. The maximum Gasteiger partial charge on any atom is 0.253 e. The Bertz CT molecular complexity index is 878. The summed E-state index contributed by atoms with van der Waals surface area (Å²) in [6.07, 6.45) is 7.55. The molecular weight excluding hydrogens is 338 g/mol. The van der Waals surface area contributed by atoms with Crippen LogP contribution >= 0.6 is 0 Å². The second-order valence-electron chi connectivity index (χ2n) is 6.88. The molecule has 4 rings (SSSR count). The van der Waals surface area contributed by atoms with Crippen molar-refractivity contribution in [3.8, 4) is 11.4 Å². The van der Waals surface area contributed by atoms with Crippen LogP contribution in [-0.4, -0.2) is 39.6 Å². The summed E-state index contributed by atoms with van der Waals surface area (Å²) >= 11 is 0. The van der Waals surface area contributed by atoms with E-state index in [0.717, 1.165) is 35.5 Å². The molecule has 1 saturated heterocycles. The molecule has 1 aliphatic rings. The summed E-state index contributed by atoms with van der Waals surface area (Å²) < 4.78 is 8.02. The van der Waals surface area contributed by atoms with Crippen molar-refractivity contribution >= 4 is 5.91 Å². The molecule has 1 aromatic carbocycles. The molecule has 0 spiro atoms. The van der Waals surface area contributed by atoms with Gasteiger partial charge in [-0.3, -0.25) is 9.78 Å². The minimum absolute atomic E-state index is 0.0875. The zero-order valence-corrected chi connectivity index (χ0v) is 15.4. The first-order chi connectivity index (χ1) is 13.2. The Morgan fingerprint density at radius 1 is 1.04 bits per heavy atom. The second kappa shape index (κ2) is 7.66. The van der Waals surface area contributed by atoms with E-state index in [0.29, 0.717) is 13.1 Å². The highest BCUT2D eigenvalue weighted by Gasteiger charge is 2.24. The number of hydrogen-bond donors (Lipinski definition) is 0. The Kier molecular flexibility index (Phi) is 4.92. The van der Waals surface area contributed by atoms with Gasteiger partial charge in [-0.15, -0.1) is 0 Å². The fourth-order valence-electron chi connectivity index (χ4n) is 3.36. The van der Waals surface area contributed by atoms with Crippen LogP contribution in [0.2, 0.25) is 0 Å². The predicted molar refractivity (Wildman–Crippen MR) is 104 cm³/mol. The van der Waals surface area contributed by atoms with Gasteiger partial charge < -0.3 is 14.2 Å². The van der Waals surface area contributed by atoms with E-state index < -0.39 is 0 Å². The van der Waals surface area contributed by atoms with E-state index in [1.807, 2.05) is 77.3 Å². The molecule has 1 amide bonds. The van der Waals surface area contributed by atoms with Gasteiger partial charge in [-0.05, 0) is 55.5 Å². The van der Waals surface area contributed by atoms with Crippen molar-refractivity contribution in [2.45, 2.75) is 25.9 Å². The summed E-state index contributed by atoms with van der Waals surface area (Å²) in [5.41, 5.74) is 2.76. The molecular formula is C22H23N3O2. The smallest absolute Gasteiger partial charge is 0.253 e. The lowest BCUT2D eigenvalue weighted by Gasteiger charge is -2.32. The molecule has 5 nitrogen and oxygen atoms in total. The molecule has 138 valence electrons. The predicted octanol–water partition coefficient (Wildman–Crippen LogP) is 3.86. The third-order valence-corrected chi connectivity index (χ3v) is 4.93. The van der Waals surface area contributed by atoms with Crippen molar-refractivity contribution < 1.29 is 9.53 Å². The standard InChI is InChI=1S/C22H23N3O2/c1-17-4-9-21(16-23-17)27-20-10-14-25(15-11-20)22(26)18-5-7-19(8-6-18)24-12-2-3-13-24/h2-9,12-13,16,20H,10-11,14-15H2,1H3. The minimum Gasteiger partial charge on any atom is -0.489 e. The molecule has 1 fully saturated rings. The van der Waals surface area contributed by atoms with Gasteiger partial charge in [-0.2, -0.15) is 0 Å². The van der Waals surface area contributed by atoms with Gasteiger partial charge in [0.1, 0.15) is 11.9 Å². The van der Waals surface area contributed by atoms with E-state index in [1.165, 1.54) is 0 Å². The van der Waals surface area contributed by atoms with Crippen LogP contribution in [0.1, 0.15) is 28.9 Å². The summed E-state index contributed by atoms with van der Waals surface area (Å²) in [6, 6.07) is 15.6. The zero-order valence-electron chi connectivity index (χ0n) is 15.4. The van der Waals surface area contributed by atoms with Gasteiger partial charge in [0.05, 0.1) is 6.20 Å². The quantitative estimate of drug-likeness (QED) is 0.709. The number of benzene rings is 1. The first-order valence-electron chi connectivity index (χ1n) is 9.31. The highest BCUT2D eigenvalue weighted by Crippen LogP contribution is 2.20. The van der Waals surface area contributed by atoms with E-state index >= 15 is 0 Å². The van der Waals surface area contributed by atoms with Gasteiger partial charge in [0.25, 0.3) is 5.91 Å². The van der Waals surface area contributed by atoms with Gasteiger partial charge >= 0.3 is 0 Å². The summed E-state index contributed by atoms with van der Waals surface area (Å²) in [6.45, 7) is 3.38. The highest BCUT2D eigenvalue weighted by molar-refractivity contribution is 5.94. The second-order valence-corrected chi connectivity index (χ2v) is 6.88. The number of carbonyl (C=O) groups is 1. The summed E-state index contributed by atoms with van der Waals surface area (Å²) in [5.74, 6) is 0.885. The fourth-order valence-corrected chi connectivity index (χ4v) is 3.36. The number of ether oxygens (including phenoxy) is 1. The van der Waals surface area contributed by atoms with Gasteiger partial charge in [0, 0.05) is 55.3 Å². The fraction of sp³-hybridized carbons (Fsp3) is 0.273. The summed E-state index contributed by atoms with van der Waals surface area (Å²) in [5, 5.41) is 0. The topological polar surface area (TPSA) is 47.4 Å².